The van der Waals surface area contributed by atoms with Gasteiger partial charge in [0.1, 0.15) is 0 Å². The third-order valence-corrected chi connectivity index (χ3v) is 3.09. The van der Waals surface area contributed by atoms with Crippen molar-refractivity contribution in [1.82, 2.24) is 9.80 Å². The molecule has 0 aliphatic carbocycles. The van der Waals surface area contributed by atoms with E-state index in [2.05, 4.69) is 6.07 Å². The highest BCUT2D eigenvalue weighted by molar-refractivity contribution is 5.81. The van der Waals surface area contributed by atoms with Crippen LogP contribution < -0.4 is 0 Å². The van der Waals surface area contributed by atoms with Gasteiger partial charge in [0.25, 0.3) is 0 Å². The maximum absolute atomic E-state index is 12.1. The molecule has 0 radical (unpaired) electrons. The summed E-state index contributed by atoms with van der Waals surface area (Å²) in [5.41, 5.74) is 0. The fourth-order valence-electron chi connectivity index (χ4n) is 1.65. The number of hydrogen-bond donors (Lipinski definition) is 0. The molecule has 2 unspecified atom stereocenters. The molecule has 1 aliphatic heterocycles. The van der Waals surface area contributed by atoms with Crippen molar-refractivity contribution in [2.45, 2.75) is 25.9 Å². The summed E-state index contributed by atoms with van der Waals surface area (Å²) in [4.78, 5) is 15.7. The molecule has 0 aromatic carbocycles. The van der Waals surface area contributed by atoms with Gasteiger partial charge in [-0.1, -0.05) is 0 Å². The van der Waals surface area contributed by atoms with E-state index in [9.17, 15) is 4.79 Å². The number of nitriles is 1. The standard InChI is InChI=1S/C11H19N3O2/c1-9(8-12)13(3)10(2)11(15)14-4-6-16-7-5-14/h9-10H,4-7H2,1-3H3. The first-order chi connectivity index (χ1) is 7.57. The van der Waals surface area contributed by atoms with E-state index in [-0.39, 0.29) is 18.0 Å². The van der Waals surface area contributed by atoms with Crippen LogP contribution in [0.15, 0.2) is 0 Å². The molecule has 2 atom stereocenters. The molecule has 1 amide bonds. The largest absolute Gasteiger partial charge is 0.378 e. The molecule has 90 valence electrons. The second kappa shape index (κ2) is 5.83. The summed E-state index contributed by atoms with van der Waals surface area (Å²) in [5.74, 6) is 0.0768. The van der Waals surface area contributed by atoms with Crippen LogP contribution in [-0.4, -0.2) is 61.1 Å². The lowest BCUT2D eigenvalue weighted by Crippen LogP contribution is -2.51. The first kappa shape index (κ1) is 12.9. The van der Waals surface area contributed by atoms with Crippen molar-refractivity contribution < 1.29 is 9.53 Å². The Morgan fingerprint density at radius 1 is 1.44 bits per heavy atom. The lowest BCUT2D eigenvalue weighted by Gasteiger charge is -2.33. The molecule has 0 N–H and O–H groups in total. The maximum atomic E-state index is 12.1. The quantitative estimate of drug-likeness (QED) is 0.682. The van der Waals surface area contributed by atoms with Gasteiger partial charge in [0.15, 0.2) is 0 Å². The predicted molar refractivity (Wildman–Crippen MR) is 59.7 cm³/mol. The van der Waals surface area contributed by atoms with E-state index in [0.29, 0.717) is 26.3 Å². The molecule has 1 aliphatic rings. The van der Waals surface area contributed by atoms with Gasteiger partial charge >= 0.3 is 0 Å². The Morgan fingerprint density at radius 2 is 2.00 bits per heavy atom. The van der Waals surface area contributed by atoms with Crippen molar-refractivity contribution in [3.05, 3.63) is 0 Å². The number of likely N-dealkylation sites (N-methyl/N-ethyl adjacent to an activating group) is 1. The van der Waals surface area contributed by atoms with Crippen molar-refractivity contribution in [1.29, 1.82) is 5.26 Å². The zero-order chi connectivity index (χ0) is 12.1. The second-order valence-corrected chi connectivity index (χ2v) is 4.08. The molecule has 1 fully saturated rings. The lowest BCUT2D eigenvalue weighted by atomic mass is 10.2. The van der Waals surface area contributed by atoms with Crippen LogP contribution in [0, 0.1) is 11.3 Å². The van der Waals surface area contributed by atoms with Gasteiger partial charge in [-0.05, 0) is 20.9 Å². The minimum absolute atomic E-state index is 0.0768. The molecule has 0 saturated carbocycles. The zero-order valence-corrected chi connectivity index (χ0v) is 10.1. The Kier molecular flexibility index (Phi) is 4.71. The topological polar surface area (TPSA) is 56.6 Å². The summed E-state index contributed by atoms with van der Waals surface area (Å²) in [6, 6.07) is 1.63. The third kappa shape index (κ3) is 2.94. The molecule has 1 saturated heterocycles. The molecule has 0 aromatic rings. The Morgan fingerprint density at radius 3 is 2.50 bits per heavy atom. The summed E-state index contributed by atoms with van der Waals surface area (Å²) in [7, 11) is 1.80. The molecule has 0 bridgehead atoms. The Balaban J connectivity index is 2.55. The first-order valence-corrected chi connectivity index (χ1v) is 5.56. The van der Waals surface area contributed by atoms with Gasteiger partial charge in [0, 0.05) is 13.1 Å². The molecule has 1 rings (SSSR count). The van der Waals surface area contributed by atoms with Crippen LogP contribution in [-0.2, 0) is 9.53 Å². The van der Waals surface area contributed by atoms with Crippen molar-refractivity contribution in [2.24, 2.45) is 0 Å². The number of carbonyl (C=O) groups excluding carboxylic acids is 1. The van der Waals surface area contributed by atoms with Gasteiger partial charge in [0.2, 0.25) is 5.91 Å². The average molecular weight is 225 g/mol. The van der Waals surface area contributed by atoms with Gasteiger partial charge in [-0.3, -0.25) is 9.69 Å². The average Bonchev–Trinajstić information content (AvgIpc) is 2.36. The van der Waals surface area contributed by atoms with E-state index in [1.165, 1.54) is 0 Å². The van der Waals surface area contributed by atoms with Crippen molar-refractivity contribution in [3.63, 3.8) is 0 Å². The van der Waals surface area contributed by atoms with Crippen LogP contribution in [0.4, 0.5) is 0 Å². The van der Waals surface area contributed by atoms with Crippen LogP contribution in [0.3, 0.4) is 0 Å². The third-order valence-electron chi connectivity index (χ3n) is 3.09. The van der Waals surface area contributed by atoms with Gasteiger partial charge in [-0.25, -0.2) is 0 Å². The minimum Gasteiger partial charge on any atom is -0.378 e. The van der Waals surface area contributed by atoms with E-state index in [1.807, 2.05) is 6.92 Å². The fourth-order valence-corrected chi connectivity index (χ4v) is 1.65. The first-order valence-electron chi connectivity index (χ1n) is 5.56. The fraction of sp³-hybridized carbons (Fsp3) is 0.818. The van der Waals surface area contributed by atoms with Crippen molar-refractivity contribution in [2.75, 3.05) is 33.4 Å². The Hall–Kier alpha value is -1.12. The van der Waals surface area contributed by atoms with Gasteiger partial charge in [-0.15, -0.1) is 0 Å². The van der Waals surface area contributed by atoms with Crippen LogP contribution >= 0.6 is 0 Å². The summed E-state index contributed by atoms with van der Waals surface area (Å²) in [6.45, 7) is 6.15. The van der Waals surface area contributed by atoms with Gasteiger partial charge in [0.05, 0.1) is 31.4 Å². The highest BCUT2D eigenvalue weighted by Crippen LogP contribution is 2.07. The van der Waals surface area contributed by atoms with Crippen LogP contribution in [0.1, 0.15) is 13.8 Å². The second-order valence-electron chi connectivity index (χ2n) is 4.08. The Labute approximate surface area is 96.6 Å². The van der Waals surface area contributed by atoms with Crippen molar-refractivity contribution in [3.8, 4) is 6.07 Å². The molecule has 0 spiro atoms. The molecule has 0 aromatic heterocycles. The number of ether oxygens (including phenoxy) is 1. The lowest BCUT2D eigenvalue weighted by molar-refractivity contribution is -0.140. The van der Waals surface area contributed by atoms with Crippen molar-refractivity contribution >= 4 is 5.91 Å². The molecule has 1 heterocycles. The number of carbonyl (C=O) groups is 1. The highest BCUT2D eigenvalue weighted by Gasteiger charge is 2.27. The van der Waals surface area contributed by atoms with E-state index in [4.69, 9.17) is 10.00 Å². The molecule has 5 heteroatoms. The summed E-state index contributed by atoms with van der Waals surface area (Å²) < 4.78 is 5.20. The van der Waals surface area contributed by atoms with Crippen LogP contribution in [0.2, 0.25) is 0 Å². The van der Waals surface area contributed by atoms with Gasteiger partial charge in [-0.2, -0.15) is 5.26 Å². The Bertz CT molecular complexity index is 281. The molecular weight excluding hydrogens is 206 g/mol. The smallest absolute Gasteiger partial charge is 0.239 e. The van der Waals surface area contributed by atoms with Gasteiger partial charge < -0.3 is 9.64 Å². The highest BCUT2D eigenvalue weighted by atomic mass is 16.5. The van der Waals surface area contributed by atoms with E-state index in [1.54, 1.807) is 23.8 Å². The number of nitrogens with zero attached hydrogens (tertiary/aromatic N) is 3. The predicted octanol–water partition coefficient (Wildman–Crippen LogP) is 0.0776. The summed E-state index contributed by atoms with van der Waals surface area (Å²) in [6.07, 6.45) is 0. The number of amides is 1. The van der Waals surface area contributed by atoms with E-state index >= 15 is 0 Å². The van der Waals surface area contributed by atoms with E-state index < -0.39 is 0 Å². The number of hydrogen-bond acceptors (Lipinski definition) is 4. The molecular formula is C11H19N3O2. The normalized spacial score (nSPS) is 20.3. The zero-order valence-electron chi connectivity index (χ0n) is 10.1. The number of morpholine rings is 1. The monoisotopic (exact) mass is 225 g/mol. The summed E-state index contributed by atoms with van der Waals surface area (Å²) in [5, 5.41) is 8.81. The molecule has 16 heavy (non-hydrogen) atoms. The SMILES string of the molecule is CC(C#N)N(C)C(C)C(=O)N1CCOCC1. The summed E-state index contributed by atoms with van der Waals surface area (Å²) >= 11 is 0. The maximum Gasteiger partial charge on any atom is 0.239 e. The molecule has 5 nitrogen and oxygen atoms in total. The van der Waals surface area contributed by atoms with Crippen LogP contribution in [0.25, 0.3) is 0 Å². The number of rotatable bonds is 3. The van der Waals surface area contributed by atoms with Crippen LogP contribution in [0.5, 0.6) is 0 Å². The van der Waals surface area contributed by atoms with E-state index in [0.717, 1.165) is 0 Å². The minimum atomic E-state index is -0.257.